The van der Waals surface area contributed by atoms with Crippen LogP contribution in [0.25, 0.3) is 0 Å². The lowest BCUT2D eigenvalue weighted by atomic mass is 9.98. The number of thioether (sulfide) groups is 2. The summed E-state index contributed by atoms with van der Waals surface area (Å²) in [5, 5.41) is 279. The molecule has 0 saturated carbocycles. The minimum Gasteiger partial charge on any atom is -0.506 e. The molecule has 5 aliphatic heterocycles. The number of carbonyl (C=O) groups is 2. The Bertz CT molecular complexity index is 2370. The SMILES string of the molecule is N[C@H](CSCC[C@H]1O[C@H](O)/C(O)=C(\O)[C@@H](CCO)O[C@H](O)/C(O)=C(/O)[C@@H](CCO)O[C@H]2OC(CSC[C@@H](N)C(=O)O)[C@@H](O[C@@H](O)/C(O)=C(/O)[C@@H](CCO)O[C@H]3OC(CO)[C@@H](O[C@@H](O)/C(O)=C(\O)[C@@H](CCO)O[C@H](O)C(O)=C1O)C(O)C3O)[C@H](O)C2O)C(=O)O. The van der Waals surface area contributed by atoms with Crippen LogP contribution in [0.1, 0.15) is 32.1 Å². The van der Waals surface area contributed by atoms with Crippen molar-refractivity contribution in [2.75, 3.05) is 56.0 Å². The van der Waals surface area contributed by atoms with E-state index in [-0.39, 0.29) is 11.5 Å². The third-order valence-electron chi connectivity index (χ3n) is 13.1. The van der Waals surface area contributed by atoms with E-state index >= 15 is 0 Å². The number of fused-ring (bicyclic) bond motifs is 2. The van der Waals surface area contributed by atoms with Gasteiger partial charge in [0, 0.05) is 69.4 Å². The molecule has 30 N–H and O–H groups in total. The van der Waals surface area contributed by atoms with Crippen LogP contribution in [0.4, 0.5) is 0 Å². The number of nitrogens with two attached hydrogens (primary N) is 2. The lowest BCUT2D eigenvalue weighted by Crippen LogP contribution is -2.61. The standard InChI is InChI=1S/C48H80N2O37S2/c49-15(40(70)71)12-88-10-5-21-28(60)33(65)43(75)80-18(2-7-52)25(57)34(66)45(77)86-38-22(11-55)84-47(36(68)29(38)61)82-20(4-9-54)27(59)35(67)46(78)87-39-23(14-89-13-16(50)41(72)73)85-48(37(69)30(39)62)83-19(3-8-53)26(58)32(64)42(74)79-17(1-6-51)24(56)31(63)44(76)81-21/h15-23,29-30,36-39,42-48,51-69,74-78H,1-14,49-50H2,(H,70,71)(H,72,73)/b31-24+,32-26-,33-28?,34-25+,35-27-/t15-,16-,17-,18-,19-,20-,21-,22?,23?,29?,30-,36?,37?,38-,39-,42+,43+,44+,45-,46-,47+,48+/m1/s1. The number of ether oxygens (including phenoxy) is 9. The highest BCUT2D eigenvalue weighted by Crippen LogP contribution is 2.34. The van der Waals surface area contributed by atoms with Crippen molar-refractivity contribution in [2.45, 2.75) is 168 Å². The van der Waals surface area contributed by atoms with Gasteiger partial charge in [0.2, 0.25) is 31.5 Å². The first kappa shape index (κ1) is 78.6. The molecule has 5 rings (SSSR count). The Hall–Kier alpha value is -4.66. The van der Waals surface area contributed by atoms with Gasteiger partial charge in [0.25, 0.3) is 0 Å². The predicted molar refractivity (Wildman–Crippen MR) is 291 cm³/mol. The Morgan fingerprint density at radius 1 is 0.371 bits per heavy atom. The third kappa shape index (κ3) is 22.0. The van der Waals surface area contributed by atoms with Crippen LogP contribution in [0.15, 0.2) is 57.6 Å². The maximum Gasteiger partial charge on any atom is 0.321 e. The van der Waals surface area contributed by atoms with Gasteiger partial charge in [0.1, 0.15) is 85.3 Å². The summed E-state index contributed by atoms with van der Waals surface area (Å²) in [7, 11) is 0. The zero-order chi connectivity index (χ0) is 67.3. The molecule has 89 heavy (non-hydrogen) atoms. The average Bonchev–Trinajstić information content (AvgIpc) is 1.44. The average molecular weight is 1340 g/mol. The first-order valence-corrected chi connectivity index (χ1v) is 28.9. The molecular weight excluding hydrogens is 1260 g/mol. The first-order valence-electron chi connectivity index (χ1n) is 26.6. The number of aliphatic hydroxyl groups excluding tert-OH is 24. The Balaban J connectivity index is 2.29. The first-order chi connectivity index (χ1) is 41.8. The number of aliphatic hydroxyl groups is 24. The molecule has 4 bridgehead atoms. The summed E-state index contributed by atoms with van der Waals surface area (Å²) in [6, 6.07) is -3.01. The summed E-state index contributed by atoms with van der Waals surface area (Å²) in [6.07, 6.45) is -51.1. The normalized spacial score (nSPS) is 38.6. The second kappa shape index (κ2) is 37.8. The van der Waals surface area contributed by atoms with E-state index in [1.807, 2.05) is 0 Å². The molecule has 0 aliphatic carbocycles. The van der Waals surface area contributed by atoms with Crippen molar-refractivity contribution in [1.29, 1.82) is 0 Å². The van der Waals surface area contributed by atoms with Crippen LogP contribution in [0.2, 0.25) is 0 Å². The third-order valence-corrected chi connectivity index (χ3v) is 15.4. The summed E-state index contributed by atoms with van der Waals surface area (Å²) in [4.78, 5) is 22.8. The molecule has 0 aromatic carbocycles. The van der Waals surface area contributed by atoms with Crippen LogP contribution in [0.5, 0.6) is 0 Å². The number of aliphatic carboxylic acids is 2. The van der Waals surface area contributed by atoms with Crippen LogP contribution in [0, 0.1) is 0 Å². The molecule has 0 radical (unpaired) electrons. The maximum atomic E-state index is 11.5. The van der Waals surface area contributed by atoms with Gasteiger partial charge in [-0.2, -0.15) is 23.5 Å². The minimum atomic E-state index is -2.89. The highest BCUT2D eigenvalue weighted by Gasteiger charge is 2.51. The van der Waals surface area contributed by atoms with Gasteiger partial charge < -0.3 is 187 Å². The highest BCUT2D eigenvalue weighted by molar-refractivity contribution is 7.99. The monoisotopic (exact) mass is 1340 g/mol. The molecule has 2 fully saturated rings. The summed E-state index contributed by atoms with van der Waals surface area (Å²) < 4.78 is 48.5. The number of carboxylic acids is 2. The number of carboxylic acid groups (broad SMARTS) is 2. The molecule has 22 atom stereocenters. The Morgan fingerprint density at radius 3 is 0.966 bits per heavy atom. The fourth-order valence-corrected chi connectivity index (χ4v) is 10.2. The Kier molecular flexibility index (Phi) is 33.3. The number of hydrogen-bond acceptors (Lipinski definition) is 39. The minimum absolute atomic E-state index is 0.322. The van der Waals surface area contributed by atoms with Gasteiger partial charge in [0.05, 0.1) is 12.7 Å². The van der Waals surface area contributed by atoms with E-state index in [0.717, 1.165) is 11.8 Å². The molecule has 39 nitrogen and oxygen atoms in total. The van der Waals surface area contributed by atoms with Gasteiger partial charge in [-0.05, 0) is 12.2 Å². The highest BCUT2D eigenvalue weighted by atomic mass is 32.2. The van der Waals surface area contributed by atoms with Crippen molar-refractivity contribution in [2.24, 2.45) is 11.5 Å². The van der Waals surface area contributed by atoms with Crippen molar-refractivity contribution in [3.63, 3.8) is 0 Å². The van der Waals surface area contributed by atoms with E-state index < -0.39 is 282 Å². The van der Waals surface area contributed by atoms with E-state index in [2.05, 4.69) is 0 Å². The van der Waals surface area contributed by atoms with Crippen LogP contribution in [-0.4, -0.2) is 336 Å². The van der Waals surface area contributed by atoms with Crippen LogP contribution in [0.3, 0.4) is 0 Å². The van der Waals surface area contributed by atoms with Gasteiger partial charge in [-0.15, -0.1) is 0 Å². The van der Waals surface area contributed by atoms with E-state index in [1.54, 1.807) is 0 Å². The fraction of sp³-hybridized carbons (Fsp3) is 0.750. The lowest BCUT2D eigenvalue weighted by Gasteiger charge is -2.44. The van der Waals surface area contributed by atoms with E-state index in [1.165, 1.54) is 0 Å². The molecule has 0 aromatic rings. The van der Waals surface area contributed by atoms with Crippen LogP contribution < -0.4 is 11.5 Å². The fourth-order valence-electron chi connectivity index (χ4n) is 8.19. The van der Waals surface area contributed by atoms with E-state index in [0.29, 0.717) is 11.8 Å². The predicted octanol–water partition coefficient (Wildman–Crippen LogP) is -6.98. The maximum absolute atomic E-state index is 11.5. The van der Waals surface area contributed by atoms with Gasteiger partial charge in [-0.1, -0.05) is 0 Å². The van der Waals surface area contributed by atoms with Crippen LogP contribution in [-0.2, 0) is 52.2 Å². The van der Waals surface area contributed by atoms with Crippen molar-refractivity contribution >= 4 is 35.5 Å². The summed E-state index contributed by atoms with van der Waals surface area (Å²) in [5.74, 6) is -20.3. The summed E-state index contributed by atoms with van der Waals surface area (Å²) in [5.41, 5.74) is 11.1. The van der Waals surface area contributed by atoms with Crippen molar-refractivity contribution in [3.8, 4) is 0 Å². The molecular formula is C48H80N2O37S2. The molecule has 0 aromatic heterocycles. The number of rotatable bonds is 20. The van der Waals surface area contributed by atoms with Crippen molar-refractivity contribution in [3.05, 3.63) is 57.6 Å². The largest absolute Gasteiger partial charge is 0.506 e. The van der Waals surface area contributed by atoms with Crippen LogP contribution >= 0.6 is 23.5 Å². The smallest absolute Gasteiger partial charge is 0.321 e. The molecule has 5 aliphatic rings. The number of hydrogen-bond donors (Lipinski definition) is 28. The lowest BCUT2D eigenvalue weighted by molar-refractivity contribution is -0.330. The van der Waals surface area contributed by atoms with E-state index in [4.69, 9.17) is 54.1 Å². The zero-order valence-electron chi connectivity index (χ0n) is 46.7. The summed E-state index contributed by atoms with van der Waals surface area (Å²) in [6.45, 7) is -5.13. The molecule has 41 heteroatoms. The second-order valence-electron chi connectivity index (χ2n) is 19.5. The zero-order valence-corrected chi connectivity index (χ0v) is 48.3. The van der Waals surface area contributed by atoms with Gasteiger partial charge in [-0.25, -0.2) is 0 Å². The van der Waals surface area contributed by atoms with Crippen molar-refractivity contribution < 1.29 is 185 Å². The molecule has 2 saturated heterocycles. The topological polar surface area (TPSA) is 695 Å². The Labute approximate surface area is 511 Å². The molecule has 5 heterocycles. The van der Waals surface area contributed by atoms with Gasteiger partial charge in [-0.3, -0.25) is 9.59 Å². The second-order valence-corrected chi connectivity index (χ2v) is 21.7. The van der Waals surface area contributed by atoms with Crippen molar-refractivity contribution in [1.82, 2.24) is 0 Å². The Morgan fingerprint density at radius 2 is 0.652 bits per heavy atom. The molecule has 0 amide bonds. The molecule has 0 spiro atoms. The molecule has 5 unspecified atom stereocenters. The van der Waals surface area contributed by atoms with Gasteiger partial charge in [0.15, 0.2) is 70.2 Å². The van der Waals surface area contributed by atoms with E-state index in [9.17, 15) is 142 Å². The summed E-state index contributed by atoms with van der Waals surface area (Å²) >= 11 is 1.45. The quantitative estimate of drug-likeness (QED) is 0.0504. The molecule has 516 valence electrons. The van der Waals surface area contributed by atoms with Gasteiger partial charge >= 0.3 is 11.9 Å².